The lowest BCUT2D eigenvalue weighted by Crippen LogP contribution is -2.46. The Bertz CT molecular complexity index is 701. The van der Waals surface area contributed by atoms with Crippen molar-refractivity contribution >= 4 is 19.9 Å². The first-order valence-corrected chi connectivity index (χ1v) is 10.1. The van der Waals surface area contributed by atoms with Gasteiger partial charge in [-0.25, -0.2) is 16.8 Å². The molecule has 1 heterocycles. The van der Waals surface area contributed by atoms with E-state index in [0.29, 0.717) is 0 Å². The number of aliphatic hydroxyl groups is 2. The van der Waals surface area contributed by atoms with Crippen molar-refractivity contribution in [3.8, 4) is 0 Å². The first-order valence-electron chi connectivity index (χ1n) is 6.82. The lowest BCUT2D eigenvalue weighted by atomic mass is 10.2. The van der Waals surface area contributed by atoms with Crippen LogP contribution in [0.1, 0.15) is 6.42 Å². The van der Waals surface area contributed by atoms with Gasteiger partial charge in [0.25, 0.3) is 0 Å². The smallest absolute Gasteiger partial charge is 0.243 e. The van der Waals surface area contributed by atoms with E-state index in [9.17, 15) is 21.9 Å². The number of rotatable bonds is 6. The summed E-state index contributed by atoms with van der Waals surface area (Å²) >= 11 is 0. The van der Waals surface area contributed by atoms with E-state index in [1.165, 1.54) is 12.1 Å². The van der Waals surface area contributed by atoms with E-state index in [1.54, 1.807) is 18.2 Å². The molecule has 0 amide bonds. The Balaban J connectivity index is 2.36. The molecular formula is C13H19NO6S2. The van der Waals surface area contributed by atoms with Crippen LogP contribution in [0.15, 0.2) is 35.2 Å². The van der Waals surface area contributed by atoms with E-state index in [1.807, 2.05) is 0 Å². The van der Waals surface area contributed by atoms with Gasteiger partial charge in [0.1, 0.15) is 0 Å². The van der Waals surface area contributed by atoms with Crippen molar-refractivity contribution in [1.82, 2.24) is 4.31 Å². The maximum absolute atomic E-state index is 12.7. The quantitative estimate of drug-likeness (QED) is 0.697. The van der Waals surface area contributed by atoms with Crippen molar-refractivity contribution in [2.24, 2.45) is 0 Å². The molecular weight excluding hydrogens is 330 g/mol. The normalized spacial score (nSPS) is 22.8. The van der Waals surface area contributed by atoms with Crippen molar-refractivity contribution < 1.29 is 27.0 Å². The van der Waals surface area contributed by atoms with Gasteiger partial charge in [-0.15, -0.1) is 0 Å². The molecule has 2 N–H and O–H groups in total. The SMILES string of the molecule is O=S1(=O)CC[C@@H](N(C[C@H](O)CO)S(=O)(=O)c2ccccc2)C1. The second kappa shape index (κ2) is 6.63. The van der Waals surface area contributed by atoms with Crippen LogP contribution in [0.25, 0.3) is 0 Å². The van der Waals surface area contributed by atoms with E-state index in [4.69, 9.17) is 5.11 Å². The van der Waals surface area contributed by atoms with Crippen LogP contribution in [0.5, 0.6) is 0 Å². The van der Waals surface area contributed by atoms with E-state index in [0.717, 1.165) is 4.31 Å². The van der Waals surface area contributed by atoms with E-state index >= 15 is 0 Å². The van der Waals surface area contributed by atoms with Gasteiger partial charge in [-0.2, -0.15) is 4.31 Å². The standard InChI is InChI=1S/C13H19NO6S2/c15-9-12(16)8-14(11-6-7-21(17,18)10-11)22(19,20)13-4-2-1-3-5-13/h1-5,11-12,15-16H,6-10H2/t11-,12+/m1/s1. The summed E-state index contributed by atoms with van der Waals surface area (Å²) in [5.74, 6) is -0.342. The van der Waals surface area contributed by atoms with Gasteiger partial charge in [0, 0.05) is 12.6 Å². The molecule has 1 aliphatic heterocycles. The molecule has 0 saturated carbocycles. The molecule has 0 aliphatic carbocycles. The average molecular weight is 349 g/mol. The summed E-state index contributed by atoms with van der Waals surface area (Å²) in [6.07, 6.45) is -1.08. The zero-order valence-electron chi connectivity index (χ0n) is 11.9. The van der Waals surface area contributed by atoms with Crippen LogP contribution < -0.4 is 0 Å². The number of nitrogens with zero attached hydrogens (tertiary/aromatic N) is 1. The fourth-order valence-electron chi connectivity index (χ4n) is 2.44. The van der Waals surface area contributed by atoms with Crippen LogP contribution in [0.2, 0.25) is 0 Å². The number of sulfone groups is 1. The maximum atomic E-state index is 12.7. The van der Waals surface area contributed by atoms with Crippen molar-refractivity contribution in [2.75, 3.05) is 24.7 Å². The van der Waals surface area contributed by atoms with Gasteiger partial charge in [-0.05, 0) is 18.6 Å². The first-order chi connectivity index (χ1) is 10.3. The zero-order valence-corrected chi connectivity index (χ0v) is 13.5. The van der Waals surface area contributed by atoms with Crippen LogP contribution in [0, 0.1) is 0 Å². The highest BCUT2D eigenvalue weighted by atomic mass is 32.2. The third-order valence-corrected chi connectivity index (χ3v) is 7.25. The van der Waals surface area contributed by atoms with Crippen LogP contribution in [0.4, 0.5) is 0 Å². The van der Waals surface area contributed by atoms with Crippen molar-refractivity contribution in [1.29, 1.82) is 0 Å². The van der Waals surface area contributed by atoms with Crippen LogP contribution >= 0.6 is 0 Å². The van der Waals surface area contributed by atoms with Crippen molar-refractivity contribution in [3.05, 3.63) is 30.3 Å². The molecule has 0 unspecified atom stereocenters. The molecule has 1 saturated heterocycles. The predicted molar refractivity (Wildman–Crippen MR) is 80.5 cm³/mol. The number of hydrogen-bond donors (Lipinski definition) is 2. The van der Waals surface area contributed by atoms with Crippen LogP contribution in [0.3, 0.4) is 0 Å². The lowest BCUT2D eigenvalue weighted by Gasteiger charge is -2.28. The molecule has 9 heteroatoms. The summed E-state index contributed by atoms with van der Waals surface area (Å²) in [7, 11) is -7.22. The maximum Gasteiger partial charge on any atom is 0.243 e. The molecule has 2 rings (SSSR count). The van der Waals surface area contributed by atoms with Crippen LogP contribution in [-0.2, 0) is 19.9 Å². The monoisotopic (exact) mass is 349 g/mol. The zero-order chi connectivity index (χ0) is 16.4. The average Bonchev–Trinajstić information content (AvgIpc) is 2.85. The van der Waals surface area contributed by atoms with Crippen molar-refractivity contribution in [2.45, 2.75) is 23.5 Å². The highest BCUT2D eigenvalue weighted by molar-refractivity contribution is 7.92. The summed E-state index contributed by atoms with van der Waals surface area (Å²) in [5.41, 5.74) is 0. The topological polar surface area (TPSA) is 112 Å². The molecule has 1 aromatic rings. The van der Waals surface area contributed by atoms with Crippen LogP contribution in [-0.4, -0.2) is 68.2 Å². The van der Waals surface area contributed by atoms with Gasteiger partial charge in [-0.3, -0.25) is 0 Å². The summed E-state index contributed by atoms with van der Waals surface area (Å²) < 4.78 is 49.7. The Labute approximate surface area is 130 Å². The molecule has 2 atom stereocenters. The van der Waals surface area contributed by atoms with Gasteiger partial charge in [0.15, 0.2) is 9.84 Å². The molecule has 1 aromatic carbocycles. The number of benzene rings is 1. The molecule has 0 aromatic heterocycles. The second-order valence-corrected chi connectivity index (χ2v) is 9.40. The minimum absolute atomic E-state index is 0.0319. The minimum atomic E-state index is -3.94. The fraction of sp³-hybridized carbons (Fsp3) is 0.538. The Morgan fingerprint density at radius 2 is 1.91 bits per heavy atom. The minimum Gasteiger partial charge on any atom is -0.394 e. The largest absolute Gasteiger partial charge is 0.394 e. The second-order valence-electron chi connectivity index (χ2n) is 5.28. The Hall–Kier alpha value is -1.00. The van der Waals surface area contributed by atoms with E-state index < -0.39 is 38.6 Å². The molecule has 124 valence electrons. The summed E-state index contributed by atoms with van der Waals surface area (Å²) in [6.45, 7) is -0.936. The third kappa shape index (κ3) is 3.85. The summed E-state index contributed by atoms with van der Waals surface area (Å²) in [6, 6.07) is 6.91. The van der Waals surface area contributed by atoms with Crippen molar-refractivity contribution in [3.63, 3.8) is 0 Å². The van der Waals surface area contributed by atoms with E-state index in [-0.39, 0.29) is 29.4 Å². The van der Waals surface area contributed by atoms with Gasteiger partial charge in [0.2, 0.25) is 10.0 Å². The predicted octanol–water partition coefficient (Wildman–Crippen LogP) is -0.782. The number of sulfonamides is 1. The molecule has 1 aliphatic rings. The molecule has 1 fully saturated rings. The Kier molecular flexibility index (Phi) is 5.23. The first kappa shape index (κ1) is 17.4. The third-order valence-electron chi connectivity index (χ3n) is 3.57. The van der Waals surface area contributed by atoms with Gasteiger partial charge >= 0.3 is 0 Å². The number of hydrogen-bond acceptors (Lipinski definition) is 6. The molecule has 0 radical (unpaired) electrons. The summed E-state index contributed by atoms with van der Waals surface area (Å²) in [4.78, 5) is 0.0319. The lowest BCUT2D eigenvalue weighted by molar-refractivity contribution is 0.0730. The number of aliphatic hydroxyl groups excluding tert-OH is 2. The Morgan fingerprint density at radius 3 is 2.41 bits per heavy atom. The molecule has 7 nitrogen and oxygen atoms in total. The molecule has 0 bridgehead atoms. The molecule has 0 spiro atoms. The van der Waals surface area contributed by atoms with Gasteiger partial charge in [0.05, 0.1) is 29.1 Å². The van der Waals surface area contributed by atoms with E-state index in [2.05, 4.69) is 0 Å². The highest BCUT2D eigenvalue weighted by Gasteiger charge is 2.39. The summed E-state index contributed by atoms with van der Waals surface area (Å²) in [5, 5.41) is 18.6. The van der Waals surface area contributed by atoms with Gasteiger partial charge in [-0.1, -0.05) is 18.2 Å². The Morgan fingerprint density at radius 1 is 1.27 bits per heavy atom. The highest BCUT2D eigenvalue weighted by Crippen LogP contribution is 2.25. The van der Waals surface area contributed by atoms with Gasteiger partial charge < -0.3 is 10.2 Å². The molecule has 22 heavy (non-hydrogen) atoms. The fourth-order valence-corrected chi connectivity index (χ4v) is 5.98.